The zero-order valence-electron chi connectivity index (χ0n) is 11.9. The van der Waals surface area contributed by atoms with E-state index in [4.69, 9.17) is 5.73 Å². The van der Waals surface area contributed by atoms with Crippen molar-refractivity contribution < 1.29 is 4.79 Å². The predicted molar refractivity (Wildman–Crippen MR) is 82.8 cm³/mol. The van der Waals surface area contributed by atoms with Gasteiger partial charge in [-0.25, -0.2) is 0 Å². The molecule has 1 aromatic carbocycles. The number of benzene rings is 1. The van der Waals surface area contributed by atoms with Crippen LogP contribution < -0.4 is 5.73 Å². The number of hydrogen-bond donors (Lipinski definition) is 1. The van der Waals surface area contributed by atoms with E-state index in [1.54, 1.807) is 12.4 Å². The Kier molecular flexibility index (Phi) is 3.44. The van der Waals surface area contributed by atoms with Crippen LogP contribution in [0.1, 0.15) is 17.0 Å². The maximum atomic E-state index is 11.8. The molecular weight excluding hydrogens is 262 g/mol. The van der Waals surface area contributed by atoms with Gasteiger partial charge in [0, 0.05) is 36.5 Å². The fraction of sp³-hybridized carbons (Fsp3) is 0.176. The van der Waals surface area contributed by atoms with E-state index in [1.165, 1.54) is 5.39 Å². The summed E-state index contributed by atoms with van der Waals surface area (Å²) in [7, 11) is 2.01. The maximum absolute atomic E-state index is 11.8. The number of rotatable bonds is 4. The van der Waals surface area contributed by atoms with Crippen LogP contribution in [0.15, 0.2) is 55.0 Å². The highest BCUT2D eigenvalue weighted by Gasteiger charge is 2.20. The molecule has 1 atom stereocenters. The molecular formula is C17H17N3O. The normalized spacial score (nSPS) is 12.4. The van der Waals surface area contributed by atoms with Crippen LogP contribution in [0, 0.1) is 0 Å². The van der Waals surface area contributed by atoms with E-state index >= 15 is 0 Å². The third kappa shape index (κ3) is 2.52. The number of para-hydroxylation sites is 1. The van der Waals surface area contributed by atoms with E-state index in [0.29, 0.717) is 6.42 Å². The minimum atomic E-state index is -0.334. The summed E-state index contributed by atoms with van der Waals surface area (Å²) in [6.07, 6.45) is 6.05. The second-order valence-corrected chi connectivity index (χ2v) is 5.22. The quantitative estimate of drug-likeness (QED) is 0.797. The number of amides is 1. The Morgan fingerprint density at radius 2 is 1.95 bits per heavy atom. The lowest BCUT2D eigenvalue weighted by atomic mass is 9.92. The van der Waals surface area contributed by atoms with Crippen molar-refractivity contribution in [1.82, 2.24) is 9.55 Å². The number of primary amides is 1. The third-order valence-corrected chi connectivity index (χ3v) is 3.86. The lowest BCUT2D eigenvalue weighted by Gasteiger charge is -2.13. The number of nitrogens with zero attached hydrogens (tertiary/aromatic N) is 2. The summed E-state index contributed by atoms with van der Waals surface area (Å²) in [5, 5.41) is 1.17. The molecule has 4 nitrogen and oxygen atoms in total. The molecule has 0 saturated carbocycles. The summed E-state index contributed by atoms with van der Waals surface area (Å²) in [5.74, 6) is -0.645. The van der Waals surface area contributed by atoms with Gasteiger partial charge in [0.25, 0.3) is 0 Å². The highest BCUT2D eigenvalue weighted by Crippen LogP contribution is 2.26. The van der Waals surface area contributed by atoms with Crippen LogP contribution in [-0.4, -0.2) is 15.5 Å². The number of carbonyl (C=O) groups excluding carboxylic acids is 1. The highest BCUT2D eigenvalue weighted by atomic mass is 16.1. The molecule has 1 amide bonds. The SMILES string of the molecule is Cn1cc(CC(C(N)=O)c2ccncc2)c2ccccc21. The Bertz CT molecular complexity index is 777. The minimum absolute atomic E-state index is 0.311. The molecule has 0 bridgehead atoms. The maximum Gasteiger partial charge on any atom is 0.225 e. The molecule has 0 aliphatic heterocycles. The Morgan fingerprint density at radius 3 is 2.67 bits per heavy atom. The van der Waals surface area contributed by atoms with Crippen LogP contribution in [0.5, 0.6) is 0 Å². The Labute approximate surface area is 123 Å². The van der Waals surface area contributed by atoms with Crippen molar-refractivity contribution >= 4 is 16.8 Å². The van der Waals surface area contributed by atoms with Gasteiger partial charge in [-0.15, -0.1) is 0 Å². The minimum Gasteiger partial charge on any atom is -0.369 e. The summed E-state index contributed by atoms with van der Waals surface area (Å²) in [5.41, 5.74) is 8.80. The Morgan fingerprint density at radius 1 is 1.24 bits per heavy atom. The third-order valence-electron chi connectivity index (χ3n) is 3.86. The van der Waals surface area contributed by atoms with Crippen LogP contribution >= 0.6 is 0 Å². The van der Waals surface area contributed by atoms with Crippen molar-refractivity contribution in [3.63, 3.8) is 0 Å². The average molecular weight is 279 g/mol. The predicted octanol–water partition coefficient (Wildman–Crippen LogP) is 2.38. The van der Waals surface area contributed by atoms with Gasteiger partial charge in [-0.3, -0.25) is 9.78 Å². The van der Waals surface area contributed by atoms with E-state index in [9.17, 15) is 4.79 Å². The molecule has 3 rings (SSSR count). The van der Waals surface area contributed by atoms with Gasteiger partial charge in [0.1, 0.15) is 0 Å². The van der Waals surface area contributed by atoms with E-state index in [2.05, 4.69) is 27.9 Å². The first-order valence-electron chi connectivity index (χ1n) is 6.89. The van der Waals surface area contributed by atoms with E-state index in [-0.39, 0.29) is 11.8 Å². The van der Waals surface area contributed by atoms with Gasteiger partial charge in [0.05, 0.1) is 5.92 Å². The molecule has 0 fully saturated rings. The molecule has 2 heterocycles. The van der Waals surface area contributed by atoms with Crippen LogP contribution in [0.2, 0.25) is 0 Å². The van der Waals surface area contributed by atoms with E-state index < -0.39 is 0 Å². The van der Waals surface area contributed by atoms with Crippen LogP contribution in [-0.2, 0) is 18.3 Å². The summed E-state index contributed by atoms with van der Waals surface area (Å²) in [4.78, 5) is 15.8. The van der Waals surface area contributed by atoms with Crippen molar-refractivity contribution in [1.29, 1.82) is 0 Å². The second-order valence-electron chi connectivity index (χ2n) is 5.22. The van der Waals surface area contributed by atoms with E-state index in [0.717, 1.165) is 16.6 Å². The van der Waals surface area contributed by atoms with Gasteiger partial charge in [0.15, 0.2) is 0 Å². The average Bonchev–Trinajstić information content (AvgIpc) is 2.82. The summed E-state index contributed by atoms with van der Waals surface area (Å²) in [6.45, 7) is 0. The molecule has 106 valence electrons. The standard InChI is InChI=1S/C17H17N3O/c1-20-11-13(14-4-2-3-5-16(14)20)10-15(17(18)21)12-6-8-19-9-7-12/h2-9,11,15H,10H2,1H3,(H2,18,21). The van der Waals surface area contributed by atoms with Gasteiger partial charge in [-0.2, -0.15) is 0 Å². The molecule has 0 aliphatic carbocycles. The number of hydrogen-bond acceptors (Lipinski definition) is 2. The smallest absolute Gasteiger partial charge is 0.225 e. The molecule has 0 spiro atoms. The lowest BCUT2D eigenvalue weighted by molar-refractivity contribution is -0.119. The van der Waals surface area contributed by atoms with Crippen LogP contribution in [0.4, 0.5) is 0 Å². The van der Waals surface area contributed by atoms with Gasteiger partial charge in [-0.05, 0) is 35.7 Å². The number of aryl methyl sites for hydroxylation is 1. The highest BCUT2D eigenvalue weighted by molar-refractivity contribution is 5.86. The topological polar surface area (TPSA) is 60.9 Å². The molecule has 2 N–H and O–H groups in total. The lowest BCUT2D eigenvalue weighted by Crippen LogP contribution is -2.23. The van der Waals surface area contributed by atoms with Crippen molar-refractivity contribution in [2.75, 3.05) is 0 Å². The first kappa shape index (κ1) is 13.4. The second kappa shape index (κ2) is 5.40. The zero-order valence-corrected chi connectivity index (χ0v) is 11.9. The van der Waals surface area contributed by atoms with Gasteiger partial charge < -0.3 is 10.3 Å². The van der Waals surface area contributed by atoms with Crippen molar-refractivity contribution in [3.05, 3.63) is 66.1 Å². The molecule has 21 heavy (non-hydrogen) atoms. The fourth-order valence-electron chi connectivity index (χ4n) is 2.79. The van der Waals surface area contributed by atoms with Crippen molar-refractivity contribution in [2.45, 2.75) is 12.3 Å². The van der Waals surface area contributed by atoms with Crippen LogP contribution in [0.25, 0.3) is 10.9 Å². The van der Waals surface area contributed by atoms with Gasteiger partial charge in [-0.1, -0.05) is 18.2 Å². The number of nitrogens with two attached hydrogens (primary N) is 1. The van der Waals surface area contributed by atoms with Crippen molar-refractivity contribution in [3.8, 4) is 0 Å². The molecule has 4 heteroatoms. The summed E-state index contributed by atoms with van der Waals surface area (Å²) >= 11 is 0. The molecule has 0 saturated heterocycles. The summed E-state index contributed by atoms with van der Waals surface area (Å²) in [6, 6.07) is 11.9. The fourth-order valence-corrected chi connectivity index (χ4v) is 2.79. The Balaban J connectivity index is 2.01. The van der Waals surface area contributed by atoms with Gasteiger partial charge in [0.2, 0.25) is 5.91 Å². The van der Waals surface area contributed by atoms with Crippen LogP contribution in [0.3, 0.4) is 0 Å². The number of fused-ring (bicyclic) bond motifs is 1. The first-order chi connectivity index (χ1) is 10.2. The molecule has 0 aliphatic rings. The van der Waals surface area contributed by atoms with E-state index in [1.807, 2.05) is 31.3 Å². The molecule has 0 radical (unpaired) electrons. The number of pyridine rings is 1. The zero-order chi connectivity index (χ0) is 14.8. The molecule has 2 aromatic heterocycles. The van der Waals surface area contributed by atoms with Gasteiger partial charge >= 0.3 is 0 Å². The summed E-state index contributed by atoms with van der Waals surface area (Å²) < 4.78 is 2.08. The molecule has 1 unspecified atom stereocenters. The number of carbonyl (C=O) groups is 1. The monoisotopic (exact) mass is 279 g/mol. The largest absolute Gasteiger partial charge is 0.369 e. The van der Waals surface area contributed by atoms with Crippen molar-refractivity contribution in [2.24, 2.45) is 12.8 Å². The molecule has 3 aromatic rings. The number of aromatic nitrogens is 2. The Hall–Kier alpha value is -2.62. The first-order valence-corrected chi connectivity index (χ1v) is 6.89.